The largest absolute Gasteiger partial charge is 0.462 e. The second kappa shape index (κ2) is 12.8. The van der Waals surface area contributed by atoms with E-state index in [1.807, 2.05) is 13.8 Å². The molecule has 11 heteroatoms. The van der Waals surface area contributed by atoms with Gasteiger partial charge in [-0.15, -0.1) is 0 Å². The highest BCUT2D eigenvalue weighted by atomic mass is 35.5. The van der Waals surface area contributed by atoms with E-state index in [2.05, 4.69) is 10.5 Å². The second-order valence-corrected chi connectivity index (χ2v) is 11.3. The quantitative estimate of drug-likeness (QED) is 0.142. The Kier molecular flexibility index (Phi) is 9.26. The Morgan fingerprint density at radius 1 is 0.976 bits per heavy atom. The standard InChI is InChI=1S/C30H28ClN3O6S/c1-4-39-30(36)23-8-6-22(7-9-23)28-16-13-26(40-28)18-32-33-29(35)19-34(25-12-5-20(2)21(3)17-25)41(37,38)27-14-10-24(31)11-15-27/h5-18H,4,19H2,1-3H3,(H,33,35)/b32-18-. The zero-order valence-electron chi connectivity index (χ0n) is 22.6. The maximum absolute atomic E-state index is 13.5. The summed E-state index contributed by atoms with van der Waals surface area (Å²) in [5, 5.41) is 4.32. The number of furan rings is 1. The molecule has 0 aliphatic heterocycles. The van der Waals surface area contributed by atoms with Gasteiger partial charge in [0.25, 0.3) is 15.9 Å². The molecule has 0 saturated carbocycles. The number of benzene rings is 3. The number of hydrazone groups is 1. The summed E-state index contributed by atoms with van der Waals surface area (Å²) in [4.78, 5) is 24.7. The van der Waals surface area contributed by atoms with Crippen LogP contribution >= 0.6 is 11.6 Å². The molecule has 9 nitrogen and oxygen atoms in total. The number of carbonyl (C=O) groups is 2. The van der Waals surface area contributed by atoms with Crippen LogP contribution in [0, 0.1) is 13.8 Å². The molecular formula is C30H28ClN3O6S. The number of nitrogens with one attached hydrogen (secondary N) is 1. The van der Waals surface area contributed by atoms with E-state index in [0.29, 0.717) is 34.4 Å². The number of sulfonamides is 1. The molecule has 0 spiro atoms. The first-order valence-electron chi connectivity index (χ1n) is 12.6. The van der Waals surface area contributed by atoms with Gasteiger partial charge in [0.2, 0.25) is 0 Å². The van der Waals surface area contributed by atoms with E-state index in [-0.39, 0.29) is 4.90 Å². The van der Waals surface area contributed by atoms with E-state index >= 15 is 0 Å². The number of rotatable bonds is 10. The van der Waals surface area contributed by atoms with Crippen molar-refractivity contribution in [3.05, 3.63) is 106 Å². The number of carbonyl (C=O) groups excluding carboxylic acids is 2. The molecular weight excluding hydrogens is 566 g/mol. The number of nitrogens with zero attached hydrogens (tertiary/aromatic N) is 2. The number of anilines is 1. The molecule has 4 rings (SSSR count). The highest BCUT2D eigenvalue weighted by Crippen LogP contribution is 2.27. The lowest BCUT2D eigenvalue weighted by Gasteiger charge is -2.24. The molecule has 0 unspecified atom stereocenters. The molecule has 0 aliphatic carbocycles. The average Bonchev–Trinajstić information content (AvgIpc) is 3.42. The first-order valence-corrected chi connectivity index (χ1v) is 14.4. The van der Waals surface area contributed by atoms with Crippen molar-refractivity contribution in [1.82, 2.24) is 5.43 Å². The monoisotopic (exact) mass is 593 g/mol. The van der Waals surface area contributed by atoms with Crippen LogP contribution in [0.4, 0.5) is 5.69 Å². The number of hydrogen-bond acceptors (Lipinski definition) is 7. The zero-order valence-corrected chi connectivity index (χ0v) is 24.2. The van der Waals surface area contributed by atoms with Crippen LogP contribution in [0.2, 0.25) is 5.02 Å². The highest BCUT2D eigenvalue weighted by molar-refractivity contribution is 7.92. The first kappa shape index (κ1) is 29.6. The van der Waals surface area contributed by atoms with Crippen molar-refractivity contribution in [2.45, 2.75) is 25.7 Å². The van der Waals surface area contributed by atoms with Crippen molar-refractivity contribution >= 4 is 45.4 Å². The third-order valence-corrected chi connectivity index (χ3v) is 8.20. The zero-order chi connectivity index (χ0) is 29.6. The van der Waals surface area contributed by atoms with Crippen molar-refractivity contribution in [2.24, 2.45) is 5.10 Å². The van der Waals surface area contributed by atoms with Crippen LogP contribution in [0.3, 0.4) is 0 Å². The number of esters is 1. The van der Waals surface area contributed by atoms with Gasteiger partial charge in [0.15, 0.2) is 0 Å². The molecule has 4 aromatic rings. The SMILES string of the molecule is CCOC(=O)c1ccc(-c2ccc(/C=N\NC(=O)CN(c3ccc(C)c(C)c3)S(=O)(=O)c3ccc(Cl)cc3)o2)cc1. The Morgan fingerprint density at radius 2 is 1.68 bits per heavy atom. The van der Waals surface area contributed by atoms with Crippen molar-refractivity contribution in [3.63, 3.8) is 0 Å². The molecule has 212 valence electrons. The topological polar surface area (TPSA) is 118 Å². The van der Waals surface area contributed by atoms with Gasteiger partial charge in [-0.05, 0) is 92.6 Å². The third kappa shape index (κ3) is 7.22. The van der Waals surface area contributed by atoms with Crippen LogP contribution in [0.25, 0.3) is 11.3 Å². The Hall–Kier alpha value is -4.41. The van der Waals surface area contributed by atoms with Crippen molar-refractivity contribution in [1.29, 1.82) is 0 Å². The highest BCUT2D eigenvalue weighted by Gasteiger charge is 2.27. The summed E-state index contributed by atoms with van der Waals surface area (Å²) in [5.74, 6) is -0.171. The number of ether oxygens (including phenoxy) is 1. The lowest BCUT2D eigenvalue weighted by molar-refractivity contribution is -0.119. The van der Waals surface area contributed by atoms with Crippen LogP contribution in [0.15, 0.2) is 93.3 Å². The normalized spacial score (nSPS) is 11.4. The molecule has 41 heavy (non-hydrogen) atoms. The molecule has 1 amide bonds. The Bertz CT molecular complexity index is 1680. The van der Waals surface area contributed by atoms with Gasteiger partial charge in [-0.3, -0.25) is 9.10 Å². The number of aryl methyl sites for hydroxylation is 2. The second-order valence-electron chi connectivity index (χ2n) is 9.03. The average molecular weight is 594 g/mol. The van der Waals surface area contributed by atoms with E-state index in [4.69, 9.17) is 20.8 Å². The molecule has 0 saturated heterocycles. The Labute approximate surface area is 243 Å². The summed E-state index contributed by atoms with van der Waals surface area (Å²) in [5.41, 5.74) is 5.73. The first-order chi connectivity index (χ1) is 19.6. The van der Waals surface area contributed by atoms with E-state index in [1.165, 1.54) is 30.5 Å². The van der Waals surface area contributed by atoms with Crippen LogP contribution in [-0.4, -0.2) is 39.7 Å². The third-order valence-electron chi connectivity index (χ3n) is 6.16. The molecule has 0 fully saturated rings. The van der Waals surface area contributed by atoms with Gasteiger partial charge >= 0.3 is 5.97 Å². The summed E-state index contributed by atoms with van der Waals surface area (Å²) < 4.78 is 38.8. The Balaban J connectivity index is 1.47. The van der Waals surface area contributed by atoms with Gasteiger partial charge in [0.05, 0.1) is 29.0 Å². The van der Waals surface area contributed by atoms with Crippen LogP contribution in [0.1, 0.15) is 34.2 Å². The van der Waals surface area contributed by atoms with Crippen molar-refractivity contribution in [3.8, 4) is 11.3 Å². The van der Waals surface area contributed by atoms with E-state index in [9.17, 15) is 18.0 Å². The fourth-order valence-corrected chi connectivity index (χ4v) is 5.36. The predicted molar refractivity (Wildman–Crippen MR) is 158 cm³/mol. The molecule has 0 atom stereocenters. The van der Waals surface area contributed by atoms with Crippen LogP contribution in [-0.2, 0) is 19.6 Å². The molecule has 1 N–H and O–H groups in total. The number of halogens is 1. The maximum Gasteiger partial charge on any atom is 0.338 e. The number of amides is 1. The molecule has 1 aromatic heterocycles. The molecule has 0 bridgehead atoms. The van der Waals surface area contributed by atoms with Gasteiger partial charge < -0.3 is 9.15 Å². The Morgan fingerprint density at radius 3 is 2.34 bits per heavy atom. The lowest BCUT2D eigenvalue weighted by Crippen LogP contribution is -2.39. The van der Waals surface area contributed by atoms with Crippen molar-refractivity contribution < 1.29 is 27.2 Å². The summed E-state index contributed by atoms with van der Waals surface area (Å²) in [6.45, 7) is 5.30. The minimum atomic E-state index is -4.10. The van der Waals surface area contributed by atoms with E-state index < -0.39 is 28.4 Å². The van der Waals surface area contributed by atoms with Crippen LogP contribution < -0.4 is 9.73 Å². The fourth-order valence-electron chi connectivity index (χ4n) is 3.83. The summed E-state index contributed by atoms with van der Waals surface area (Å²) in [6.07, 6.45) is 1.31. The minimum absolute atomic E-state index is 0.00478. The summed E-state index contributed by atoms with van der Waals surface area (Å²) in [6, 6.07) is 21.0. The van der Waals surface area contributed by atoms with Crippen molar-refractivity contribution in [2.75, 3.05) is 17.5 Å². The predicted octanol–water partition coefficient (Wildman–Crippen LogP) is 5.74. The minimum Gasteiger partial charge on any atom is -0.462 e. The van der Waals surface area contributed by atoms with Crippen LogP contribution in [0.5, 0.6) is 0 Å². The lowest BCUT2D eigenvalue weighted by atomic mass is 10.1. The summed E-state index contributed by atoms with van der Waals surface area (Å²) >= 11 is 5.94. The molecule has 0 radical (unpaired) electrons. The molecule has 0 aliphatic rings. The fraction of sp³-hybridized carbons (Fsp3) is 0.167. The van der Waals surface area contributed by atoms with E-state index in [1.54, 1.807) is 61.5 Å². The maximum atomic E-state index is 13.5. The number of hydrogen-bond donors (Lipinski definition) is 1. The van der Waals surface area contributed by atoms with Gasteiger partial charge in [-0.1, -0.05) is 29.8 Å². The smallest absolute Gasteiger partial charge is 0.338 e. The van der Waals surface area contributed by atoms with E-state index in [0.717, 1.165) is 21.0 Å². The van der Waals surface area contributed by atoms with Gasteiger partial charge in [0, 0.05) is 10.6 Å². The van der Waals surface area contributed by atoms with Gasteiger partial charge in [-0.2, -0.15) is 5.10 Å². The molecule has 1 heterocycles. The summed E-state index contributed by atoms with van der Waals surface area (Å²) in [7, 11) is -4.10. The van der Waals surface area contributed by atoms with Gasteiger partial charge in [-0.25, -0.2) is 18.6 Å². The molecule has 3 aromatic carbocycles. The van der Waals surface area contributed by atoms with Gasteiger partial charge in [0.1, 0.15) is 18.1 Å².